The fraction of sp³-hybridized carbons (Fsp3) is 0.526. The molecule has 0 saturated carbocycles. The summed E-state index contributed by atoms with van der Waals surface area (Å²) in [5, 5.41) is 2.74. The van der Waals surface area contributed by atoms with E-state index >= 15 is 0 Å². The van der Waals surface area contributed by atoms with Crippen LogP contribution >= 0.6 is 0 Å². The number of carbonyl (C=O) groups excluding carboxylic acids is 3. The Morgan fingerprint density at radius 1 is 1.16 bits per heavy atom. The van der Waals surface area contributed by atoms with Crippen LogP contribution in [-0.4, -0.2) is 46.3 Å². The van der Waals surface area contributed by atoms with Gasteiger partial charge >= 0.3 is 6.03 Å². The first kappa shape index (κ1) is 17.5. The predicted molar refractivity (Wildman–Crippen MR) is 93.7 cm³/mol. The van der Waals surface area contributed by atoms with Crippen LogP contribution in [0.1, 0.15) is 45.6 Å². The number of urea groups is 1. The molecule has 0 aromatic heterocycles. The van der Waals surface area contributed by atoms with E-state index in [1.54, 1.807) is 19.1 Å². The average Bonchev–Trinajstić information content (AvgIpc) is 2.80. The number of imide groups is 1. The first-order chi connectivity index (χ1) is 11.8. The van der Waals surface area contributed by atoms with Gasteiger partial charge in [0.05, 0.1) is 0 Å². The van der Waals surface area contributed by atoms with Gasteiger partial charge in [-0.05, 0) is 45.6 Å². The quantitative estimate of drug-likeness (QED) is 0.856. The number of hydrogen-bond acceptors (Lipinski definition) is 3. The molecule has 6 nitrogen and oxygen atoms in total. The summed E-state index contributed by atoms with van der Waals surface area (Å²) in [6, 6.07) is 8.87. The Bertz CT molecular complexity index is 680. The first-order valence-electron chi connectivity index (χ1n) is 8.85. The average molecular weight is 343 g/mol. The zero-order chi connectivity index (χ0) is 18.2. The van der Waals surface area contributed by atoms with E-state index in [0.29, 0.717) is 5.56 Å². The Hall–Kier alpha value is -2.37. The summed E-state index contributed by atoms with van der Waals surface area (Å²) >= 11 is 0. The Balaban J connectivity index is 1.78. The van der Waals surface area contributed by atoms with Gasteiger partial charge in [-0.1, -0.05) is 30.3 Å². The normalized spacial score (nSPS) is 29.7. The molecule has 6 heteroatoms. The van der Waals surface area contributed by atoms with E-state index in [9.17, 15) is 14.4 Å². The third kappa shape index (κ3) is 3.01. The van der Waals surface area contributed by atoms with Crippen molar-refractivity contribution in [3.05, 3.63) is 35.9 Å². The molecule has 0 unspecified atom stereocenters. The third-order valence-electron chi connectivity index (χ3n) is 5.40. The summed E-state index contributed by atoms with van der Waals surface area (Å²) in [5.74, 6) is -0.546. The van der Waals surface area contributed by atoms with Crippen molar-refractivity contribution in [1.29, 1.82) is 0 Å². The topological polar surface area (TPSA) is 69.7 Å². The maximum atomic E-state index is 12.9. The minimum absolute atomic E-state index is 0.137. The maximum absolute atomic E-state index is 12.9. The van der Waals surface area contributed by atoms with E-state index in [-0.39, 0.29) is 30.4 Å². The van der Waals surface area contributed by atoms with Crippen LogP contribution in [0.25, 0.3) is 0 Å². The molecule has 1 aromatic rings. The monoisotopic (exact) mass is 343 g/mol. The number of carbonyl (C=O) groups is 3. The molecule has 3 rings (SSSR count). The van der Waals surface area contributed by atoms with E-state index in [4.69, 9.17) is 0 Å². The van der Waals surface area contributed by atoms with Gasteiger partial charge in [-0.2, -0.15) is 0 Å². The molecule has 1 aromatic carbocycles. The molecule has 2 fully saturated rings. The minimum atomic E-state index is -1.13. The number of benzene rings is 1. The van der Waals surface area contributed by atoms with Gasteiger partial charge in [-0.3, -0.25) is 14.5 Å². The summed E-state index contributed by atoms with van der Waals surface area (Å²) in [7, 11) is 0. The highest BCUT2D eigenvalue weighted by atomic mass is 16.2. The van der Waals surface area contributed by atoms with Crippen molar-refractivity contribution >= 4 is 17.8 Å². The summed E-state index contributed by atoms with van der Waals surface area (Å²) in [6.45, 7) is 5.52. The van der Waals surface area contributed by atoms with Gasteiger partial charge in [0.15, 0.2) is 0 Å². The minimum Gasteiger partial charge on any atom is -0.336 e. The predicted octanol–water partition coefficient (Wildman–Crippen LogP) is 2.24. The molecule has 2 aliphatic rings. The molecule has 0 aliphatic carbocycles. The SMILES string of the molecule is C[C@H]1CCC[C@H](C)N1C(=O)CN1C(=O)N[C@](C)(c2ccccc2)C1=O. The van der Waals surface area contributed by atoms with E-state index < -0.39 is 11.6 Å². The zero-order valence-corrected chi connectivity index (χ0v) is 15.0. The van der Waals surface area contributed by atoms with Crippen LogP contribution in [0, 0.1) is 0 Å². The van der Waals surface area contributed by atoms with Gasteiger partial charge < -0.3 is 10.2 Å². The highest BCUT2D eigenvalue weighted by Crippen LogP contribution is 2.29. The smallest absolute Gasteiger partial charge is 0.325 e. The van der Waals surface area contributed by atoms with Gasteiger partial charge in [0.25, 0.3) is 5.91 Å². The molecular formula is C19H25N3O3. The number of piperidine rings is 1. The lowest BCUT2D eigenvalue weighted by molar-refractivity contribution is -0.142. The number of rotatable bonds is 3. The van der Waals surface area contributed by atoms with Crippen LogP contribution in [-0.2, 0) is 15.1 Å². The van der Waals surface area contributed by atoms with Crippen LogP contribution in [0.4, 0.5) is 4.79 Å². The molecule has 0 bridgehead atoms. The number of nitrogens with one attached hydrogen (secondary N) is 1. The second kappa shape index (κ2) is 6.50. The summed E-state index contributed by atoms with van der Waals surface area (Å²) < 4.78 is 0. The van der Waals surface area contributed by atoms with E-state index in [0.717, 1.165) is 24.2 Å². The van der Waals surface area contributed by atoms with Crippen LogP contribution < -0.4 is 5.32 Å². The molecule has 134 valence electrons. The van der Waals surface area contributed by atoms with Crippen molar-refractivity contribution in [3.63, 3.8) is 0 Å². The lowest BCUT2D eigenvalue weighted by atomic mass is 9.92. The molecule has 1 N–H and O–H groups in total. The number of nitrogens with zero attached hydrogens (tertiary/aromatic N) is 2. The number of likely N-dealkylation sites (tertiary alicyclic amines) is 1. The van der Waals surface area contributed by atoms with Gasteiger partial charge in [0.1, 0.15) is 12.1 Å². The van der Waals surface area contributed by atoms with Crippen molar-refractivity contribution in [1.82, 2.24) is 15.1 Å². The fourth-order valence-corrected chi connectivity index (χ4v) is 3.94. The molecule has 0 radical (unpaired) electrons. The lowest BCUT2D eigenvalue weighted by Crippen LogP contribution is -2.52. The molecule has 2 saturated heterocycles. The Kier molecular flexibility index (Phi) is 4.54. The second-order valence-electron chi connectivity index (χ2n) is 7.24. The van der Waals surface area contributed by atoms with Crippen molar-refractivity contribution in [2.75, 3.05) is 6.54 Å². The van der Waals surface area contributed by atoms with Crippen LogP contribution in [0.2, 0.25) is 0 Å². The summed E-state index contributed by atoms with van der Waals surface area (Å²) in [5.41, 5.74) is -0.416. The van der Waals surface area contributed by atoms with Crippen molar-refractivity contribution in [2.45, 2.75) is 57.7 Å². The van der Waals surface area contributed by atoms with Gasteiger partial charge in [-0.25, -0.2) is 4.79 Å². The highest BCUT2D eigenvalue weighted by Gasteiger charge is 2.50. The van der Waals surface area contributed by atoms with Crippen LogP contribution in [0.15, 0.2) is 30.3 Å². The van der Waals surface area contributed by atoms with E-state index in [1.807, 2.05) is 36.9 Å². The second-order valence-corrected chi connectivity index (χ2v) is 7.24. The maximum Gasteiger partial charge on any atom is 0.325 e. The van der Waals surface area contributed by atoms with Gasteiger partial charge in [0.2, 0.25) is 5.91 Å². The number of amides is 4. The Labute approximate surface area is 148 Å². The standard InChI is InChI=1S/C19H25N3O3/c1-13-8-7-9-14(2)22(13)16(23)12-21-17(24)19(3,20-18(21)25)15-10-5-4-6-11-15/h4-6,10-11,13-14H,7-9,12H2,1-3H3,(H,20,25)/t13-,14-,19+/m0/s1. The summed E-state index contributed by atoms with van der Waals surface area (Å²) in [4.78, 5) is 40.9. The van der Waals surface area contributed by atoms with E-state index in [1.165, 1.54) is 0 Å². The Morgan fingerprint density at radius 3 is 2.36 bits per heavy atom. The zero-order valence-electron chi connectivity index (χ0n) is 15.0. The lowest BCUT2D eigenvalue weighted by Gasteiger charge is -2.39. The van der Waals surface area contributed by atoms with Crippen molar-refractivity contribution in [2.24, 2.45) is 0 Å². The van der Waals surface area contributed by atoms with E-state index in [2.05, 4.69) is 5.32 Å². The van der Waals surface area contributed by atoms with Gasteiger partial charge in [-0.15, -0.1) is 0 Å². The molecule has 0 spiro atoms. The molecule has 25 heavy (non-hydrogen) atoms. The van der Waals surface area contributed by atoms with Crippen molar-refractivity contribution in [3.8, 4) is 0 Å². The highest BCUT2D eigenvalue weighted by molar-refractivity contribution is 6.09. The molecule has 3 atom stereocenters. The van der Waals surface area contributed by atoms with Gasteiger partial charge in [0, 0.05) is 12.1 Å². The molecular weight excluding hydrogens is 318 g/mol. The van der Waals surface area contributed by atoms with Crippen LogP contribution in [0.3, 0.4) is 0 Å². The fourth-order valence-electron chi connectivity index (χ4n) is 3.94. The van der Waals surface area contributed by atoms with Crippen LogP contribution in [0.5, 0.6) is 0 Å². The largest absolute Gasteiger partial charge is 0.336 e. The molecule has 2 aliphatic heterocycles. The summed E-state index contributed by atoms with van der Waals surface area (Å²) in [6.07, 6.45) is 3.01. The molecule has 4 amide bonds. The number of hydrogen-bond donors (Lipinski definition) is 1. The molecule has 2 heterocycles. The first-order valence-corrected chi connectivity index (χ1v) is 8.85. The Morgan fingerprint density at radius 2 is 1.76 bits per heavy atom. The third-order valence-corrected chi connectivity index (χ3v) is 5.40. The van der Waals surface area contributed by atoms with Crippen molar-refractivity contribution < 1.29 is 14.4 Å².